The summed E-state index contributed by atoms with van der Waals surface area (Å²) >= 11 is 0. The third kappa shape index (κ3) is 2.23. The van der Waals surface area contributed by atoms with Crippen LogP contribution in [0.4, 0.5) is 5.69 Å². The maximum atomic E-state index is 3.59. The molecule has 1 aromatic rings. The van der Waals surface area contributed by atoms with E-state index >= 15 is 0 Å². The molecule has 0 amide bonds. The first-order chi connectivity index (χ1) is 7.58. The van der Waals surface area contributed by atoms with Crippen LogP contribution in [0.5, 0.6) is 0 Å². The van der Waals surface area contributed by atoms with Gasteiger partial charge in [0.05, 0.1) is 0 Å². The fourth-order valence-corrected chi connectivity index (χ4v) is 2.36. The molecule has 0 saturated heterocycles. The normalized spacial score (nSPS) is 19.8. The van der Waals surface area contributed by atoms with E-state index in [0.29, 0.717) is 5.92 Å². The van der Waals surface area contributed by atoms with Crippen LogP contribution in [0.15, 0.2) is 18.2 Å². The molecule has 0 aromatic heterocycles. The zero-order valence-corrected chi connectivity index (χ0v) is 10.9. The third-order valence-electron chi connectivity index (χ3n) is 3.78. The van der Waals surface area contributed by atoms with Gasteiger partial charge in [-0.15, -0.1) is 0 Å². The molecule has 1 heterocycles. The predicted octanol–water partition coefficient (Wildman–Crippen LogP) is 4.05. The minimum atomic E-state index is 0.620. The summed E-state index contributed by atoms with van der Waals surface area (Å²) < 4.78 is 0. The lowest BCUT2D eigenvalue weighted by molar-refractivity contribution is 0.393. The van der Waals surface area contributed by atoms with Crippen molar-refractivity contribution >= 4 is 5.69 Å². The molecule has 1 unspecified atom stereocenters. The average molecular weight is 217 g/mol. The van der Waals surface area contributed by atoms with Gasteiger partial charge in [-0.3, -0.25) is 0 Å². The molecule has 1 aromatic carbocycles. The molecule has 0 saturated carbocycles. The summed E-state index contributed by atoms with van der Waals surface area (Å²) in [6.07, 6.45) is 1.23. The quantitative estimate of drug-likeness (QED) is 0.788. The van der Waals surface area contributed by atoms with Gasteiger partial charge in [0.15, 0.2) is 0 Å². The average Bonchev–Trinajstić information content (AvgIpc) is 2.27. The molecule has 0 aliphatic carbocycles. The summed E-state index contributed by atoms with van der Waals surface area (Å²) in [7, 11) is 0. The van der Waals surface area contributed by atoms with Gasteiger partial charge in [-0.05, 0) is 41.4 Å². The van der Waals surface area contributed by atoms with Crippen LogP contribution in [0.2, 0.25) is 0 Å². The van der Waals surface area contributed by atoms with Gasteiger partial charge in [0.1, 0.15) is 0 Å². The molecular formula is C15H23N. The Kier molecular flexibility index (Phi) is 3.22. The molecule has 1 heteroatoms. The van der Waals surface area contributed by atoms with Gasteiger partial charge in [0, 0.05) is 12.2 Å². The minimum absolute atomic E-state index is 0.620. The van der Waals surface area contributed by atoms with Crippen molar-refractivity contribution in [3.63, 3.8) is 0 Å². The van der Waals surface area contributed by atoms with Crippen LogP contribution in [0.1, 0.15) is 44.7 Å². The Labute approximate surface area is 99.3 Å². The predicted molar refractivity (Wildman–Crippen MR) is 71.1 cm³/mol. The second-order valence-electron chi connectivity index (χ2n) is 5.66. The third-order valence-corrected chi connectivity index (χ3v) is 3.78. The van der Waals surface area contributed by atoms with Gasteiger partial charge in [-0.1, -0.05) is 39.8 Å². The molecule has 1 aliphatic heterocycles. The number of hydrogen-bond acceptors (Lipinski definition) is 1. The first kappa shape index (κ1) is 11.5. The highest BCUT2D eigenvalue weighted by molar-refractivity contribution is 5.55. The van der Waals surface area contributed by atoms with Gasteiger partial charge in [0.2, 0.25) is 0 Å². The number of hydrogen-bond donors (Lipinski definition) is 1. The first-order valence-corrected chi connectivity index (χ1v) is 6.44. The van der Waals surface area contributed by atoms with Crippen molar-refractivity contribution in [2.45, 2.75) is 40.0 Å². The van der Waals surface area contributed by atoms with Gasteiger partial charge in [-0.2, -0.15) is 0 Å². The molecule has 1 N–H and O–H groups in total. The molecule has 1 aliphatic rings. The lowest BCUT2D eigenvalue weighted by Crippen LogP contribution is -2.27. The van der Waals surface area contributed by atoms with E-state index in [4.69, 9.17) is 0 Å². The Bertz CT molecular complexity index is 366. The molecule has 0 bridgehead atoms. The summed E-state index contributed by atoms with van der Waals surface area (Å²) in [6, 6.07) is 6.93. The maximum Gasteiger partial charge on any atom is 0.0375 e. The monoisotopic (exact) mass is 217 g/mol. The Morgan fingerprint density at radius 1 is 1.19 bits per heavy atom. The van der Waals surface area contributed by atoms with E-state index < -0.39 is 0 Å². The summed E-state index contributed by atoms with van der Waals surface area (Å²) in [5.41, 5.74) is 4.30. The number of rotatable bonds is 2. The van der Waals surface area contributed by atoms with Crippen LogP contribution < -0.4 is 5.32 Å². The molecule has 1 atom stereocenters. The van der Waals surface area contributed by atoms with Crippen molar-refractivity contribution in [2.75, 3.05) is 11.9 Å². The zero-order valence-electron chi connectivity index (χ0n) is 10.9. The molecule has 88 valence electrons. The molecular weight excluding hydrogens is 194 g/mol. The van der Waals surface area contributed by atoms with Crippen molar-refractivity contribution in [1.82, 2.24) is 0 Å². The van der Waals surface area contributed by atoms with Crippen LogP contribution >= 0.6 is 0 Å². The van der Waals surface area contributed by atoms with E-state index in [2.05, 4.69) is 51.2 Å². The van der Waals surface area contributed by atoms with Gasteiger partial charge >= 0.3 is 0 Å². The summed E-state index contributed by atoms with van der Waals surface area (Å²) in [4.78, 5) is 0. The molecule has 1 nitrogen and oxygen atoms in total. The molecule has 2 rings (SSSR count). The Balaban J connectivity index is 2.22. The van der Waals surface area contributed by atoms with E-state index in [1.165, 1.54) is 23.2 Å². The van der Waals surface area contributed by atoms with Crippen LogP contribution in [0.25, 0.3) is 0 Å². The Morgan fingerprint density at radius 2 is 1.94 bits per heavy atom. The Hall–Kier alpha value is -0.980. The van der Waals surface area contributed by atoms with Crippen molar-refractivity contribution in [2.24, 2.45) is 11.8 Å². The van der Waals surface area contributed by atoms with E-state index in [1.54, 1.807) is 0 Å². The second-order valence-corrected chi connectivity index (χ2v) is 5.66. The largest absolute Gasteiger partial charge is 0.385 e. The number of fused-ring (bicyclic) bond motifs is 1. The SMILES string of the molecule is CC(C)c1ccc2c(c1)NCC(C(C)C)C2. The number of benzene rings is 1. The highest BCUT2D eigenvalue weighted by Crippen LogP contribution is 2.30. The van der Waals surface area contributed by atoms with Crippen molar-refractivity contribution < 1.29 is 0 Å². The summed E-state index contributed by atoms with van der Waals surface area (Å²) in [6.45, 7) is 10.3. The summed E-state index contributed by atoms with van der Waals surface area (Å²) in [5.74, 6) is 2.18. The topological polar surface area (TPSA) is 12.0 Å². The van der Waals surface area contributed by atoms with Gasteiger partial charge in [0.25, 0.3) is 0 Å². The molecule has 0 spiro atoms. The van der Waals surface area contributed by atoms with E-state index in [-0.39, 0.29) is 0 Å². The molecule has 16 heavy (non-hydrogen) atoms. The lowest BCUT2D eigenvalue weighted by atomic mass is 9.85. The fourth-order valence-electron chi connectivity index (χ4n) is 2.36. The van der Waals surface area contributed by atoms with Crippen LogP contribution in [-0.2, 0) is 6.42 Å². The van der Waals surface area contributed by atoms with Crippen LogP contribution in [-0.4, -0.2) is 6.54 Å². The summed E-state index contributed by atoms with van der Waals surface area (Å²) in [5, 5.41) is 3.59. The lowest BCUT2D eigenvalue weighted by Gasteiger charge is -2.29. The van der Waals surface area contributed by atoms with Crippen molar-refractivity contribution in [1.29, 1.82) is 0 Å². The van der Waals surface area contributed by atoms with Gasteiger partial charge in [-0.25, -0.2) is 0 Å². The standard InChI is InChI=1S/C15H23N/c1-10(2)12-5-6-13-7-14(11(3)4)9-16-15(13)8-12/h5-6,8,10-11,14,16H,7,9H2,1-4H3. The molecule has 0 fully saturated rings. The molecule has 0 radical (unpaired) electrons. The second kappa shape index (κ2) is 4.48. The van der Waals surface area contributed by atoms with Crippen molar-refractivity contribution in [3.05, 3.63) is 29.3 Å². The van der Waals surface area contributed by atoms with Crippen LogP contribution in [0, 0.1) is 11.8 Å². The highest BCUT2D eigenvalue weighted by atomic mass is 14.9. The maximum absolute atomic E-state index is 3.59. The van der Waals surface area contributed by atoms with E-state index in [9.17, 15) is 0 Å². The minimum Gasteiger partial charge on any atom is -0.385 e. The van der Waals surface area contributed by atoms with Crippen LogP contribution in [0.3, 0.4) is 0 Å². The van der Waals surface area contributed by atoms with Crippen molar-refractivity contribution in [3.8, 4) is 0 Å². The zero-order chi connectivity index (χ0) is 11.7. The highest BCUT2D eigenvalue weighted by Gasteiger charge is 2.20. The van der Waals surface area contributed by atoms with E-state index in [1.807, 2.05) is 0 Å². The van der Waals surface area contributed by atoms with E-state index in [0.717, 1.165) is 18.4 Å². The number of nitrogens with one attached hydrogen (secondary N) is 1. The smallest absolute Gasteiger partial charge is 0.0375 e. The van der Waals surface area contributed by atoms with Gasteiger partial charge < -0.3 is 5.32 Å². The number of anilines is 1. The fraction of sp³-hybridized carbons (Fsp3) is 0.600. The first-order valence-electron chi connectivity index (χ1n) is 6.44. The Morgan fingerprint density at radius 3 is 2.56 bits per heavy atom.